The first kappa shape index (κ1) is 21.0. The highest BCUT2D eigenvalue weighted by molar-refractivity contribution is 6.04. The van der Waals surface area contributed by atoms with Crippen molar-refractivity contribution in [3.05, 3.63) is 71.0 Å². The Morgan fingerprint density at radius 3 is 2.70 bits per heavy atom. The Bertz CT molecular complexity index is 975. The maximum atomic E-state index is 13.6. The van der Waals surface area contributed by atoms with Crippen LogP contribution in [0.3, 0.4) is 0 Å². The molecule has 0 unspecified atom stereocenters. The molecule has 7 nitrogen and oxygen atoms in total. The van der Waals surface area contributed by atoms with Gasteiger partial charge in [0.25, 0.3) is 0 Å². The molecule has 1 saturated heterocycles. The SMILES string of the molecule is COc1ccc(F)cc1/C=C1\CNC(=O)[C@@H](CC(=O)OCc2ccccc2)NC1=O. The number of hydrogen-bond donors (Lipinski definition) is 2. The van der Waals surface area contributed by atoms with Crippen molar-refractivity contribution in [2.75, 3.05) is 13.7 Å². The topological polar surface area (TPSA) is 93.7 Å². The van der Waals surface area contributed by atoms with Gasteiger partial charge in [-0.1, -0.05) is 30.3 Å². The second-order valence-electron chi connectivity index (χ2n) is 6.65. The molecule has 156 valence electrons. The summed E-state index contributed by atoms with van der Waals surface area (Å²) in [5, 5.41) is 5.12. The standard InChI is InChI=1S/C22H21FN2O5/c1-29-19-8-7-17(23)10-15(19)9-16-12-24-22(28)18(25-21(16)27)11-20(26)30-13-14-5-3-2-4-6-14/h2-10,18H,11-13H2,1H3,(H,24,28)(H,25,27)/b16-9+/t18-/m1/s1. The van der Waals surface area contributed by atoms with Gasteiger partial charge in [0, 0.05) is 17.7 Å². The zero-order valence-corrected chi connectivity index (χ0v) is 16.3. The summed E-state index contributed by atoms with van der Waals surface area (Å²) in [5.41, 5.74) is 1.37. The van der Waals surface area contributed by atoms with Crippen LogP contribution < -0.4 is 15.4 Å². The molecule has 0 aromatic heterocycles. The van der Waals surface area contributed by atoms with E-state index in [9.17, 15) is 18.8 Å². The van der Waals surface area contributed by atoms with Crippen LogP contribution in [0.2, 0.25) is 0 Å². The molecule has 30 heavy (non-hydrogen) atoms. The summed E-state index contributed by atoms with van der Waals surface area (Å²) >= 11 is 0. The van der Waals surface area contributed by atoms with Crippen LogP contribution in [0, 0.1) is 5.82 Å². The molecule has 0 aliphatic carbocycles. The number of ether oxygens (including phenoxy) is 2. The van der Waals surface area contributed by atoms with Crippen molar-refractivity contribution >= 4 is 23.9 Å². The minimum atomic E-state index is -1.07. The Morgan fingerprint density at radius 1 is 1.20 bits per heavy atom. The fourth-order valence-corrected chi connectivity index (χ4v) is 2.93. The summed E-state index contributed by atoms with van der Waals surface area (Å²) in [6.07, 6.45) is 1.13. The van der Waals surface area contributed by atoms with E-state index >= 15 is 0 Å². The summed E-state index contributed by atoms with van der Waals surface area (Å²) in [5.74, 6) is -1.76. The predicted octanol–water partition coefficient (Wildman–Crippen LogP) is 1.97. The molecule has 2 aromatic rings. The van der Waals surface area contributed by atoms with Crippen molar-refractivity contribution in [2.45, 2.75) is 19.1 Å². The molecular formula is C22H21FN2O5. The number of benzene rings is 2. The van der Waals surface area contributed by atoms with Gasteiger partial charge in [-0.05, 0) is 29.8 Å². The van der Waals surface area contributed by atoms with E-state index in [2.05, 4.69) is 10.6 Å². The van der Waals surface area contributed by atoms with Crippen LogP contribution in [0.25, 0.3) is 6.08 Å². The van der Waals surface area contributed by atoms with Gasteiger partial charge in [0.2, 0.25) is 11.8 Å². The van der Waals surface area contributed by atoms with E-state index < -0.39 is 29.6 Å². The highest BCUT2D eigenvalue weighted by Gasteiger charge is 2.29. The predicted molar refractivity (Wildman–Crippen MR) is 107 cm³/mol. The lowest BCUT2D eigenvalue weighted by atomic mass is 10.1. The fraction of sp³-hybridized carbons (Fsp3) is 0.227. The molecular weight excluding hydrogens is 391 g/mol. The van der Waals surface area contributed by atoms with Crippen LogP contribution in [-0.4, -0.2) is 37.5 Å². The maximum absolute atomic E-state index is 13.6. The largest absolute Gasteiger partial charge is 0.496 e. The van der Waals surface area contributed by atoms with E-state index in [1.807, 2.05) is 30.3 Å². The van der Waals surface area contributed by atoms with Crippen molar-refractivity contribution in [3.8, 4) is 5.75 Å². The zero-order valence-electron chi connectivity index (χ0n) is 16.3. The second-order valence-corrected chi connectivity index (χ2v) is 6.65. The van der Waals surface area contributed by atoms with E-state index in [-0.39, 0.29) is 25.1 Å². The Hall–Kier alpha value is -3.68. The lowest BCUT2D eigenvalue weighted by molar-refractivity contribution is -0.147. The van der Waals surface area contributed by atoms with E-state index in [0.29, 0.717) is 11.3 Å². The van der Waals surface area contributed by atoms with E-state index in [1.54, 1.807) is 0 Å². The molecule has 2 N–H and O–H groups in total. The van der Waals surface area contributed by atoms with Crippen LogP contribution in [-0.2, 0) is 25.7 Å². The summed E-state index contributed by atoms with van der Waals surface area (Å²) < 4.78 is 23.9. The van der Waals surface area contributed by atoms with Gasteiger partial charge in [-0.3, -0.25) is 14.4 Å². The number of nitrogens with one attached hydrogen (secondary N) is 2. The van der Waals surface area contributed by atoms with Crippen molar-refractivity contribution in [2.24, 2.45) is 0 Å². The van der Waals surface area contributed by atoms with E-state index in [0.717, 1.165) is 5.56 Å². The molecule has 1 aliphatic rings. The third-order valence-corrected chi connectivity index (χ3v) is 4.50. The number of methoxy groups -OCH3 is 1. The highest BCUT2D eigenvalue weighted by Crippen LogP contribution is 2.22. The third-order valence-electron chi connectivity index (χ3n) is 4.50. The summed E-state index contributed by atoms with van der Waals surface area (Å²) in [4.78, 5) is 37.0. The first-order valence-corrected chi connectivity index (χ1v) is 9.28. The Labute approximate surface area is 172 Å². The molecule has 2 aromatic carbocycles. The Kier molecular flexibility index (Phi) is 6.79. The van der Waals surface area contributed by atoms with Gasteiger partial charge < -0.3 is 20.1 Å². The second kappa shape index (κ2) is 9.69. The molecule has 1 fully saturated rings. The van der Waals surface area contributed by atoms with Crippen LogP contribution in [0.15, 0.2) is 54.1 Å². The zero-order chi connectivity index (χ0) is 21.5. The van der Waals surface area contributed by atoms with Gasteiger partial charge in [-0.15, -0.1) is 0 Å². The summed E-state index contributed by atoms with van der Waals surface area (Å²) in [6, 6.07) is 12.0. The lowest BCUT2D eigenvalue weighted by Gasteiger charge is -2.13. The molecule has 1 aliphatic heterocycles. The lowest BCUT2D eigenvalue weighted by Crippen LogP contribution is -2.44. The van der Waals surface area contributed by atoms with Gasteiger partial charge in [0.15, 0.2) is 0 Å². The number of hydrogen-bond acceptors (Lipinski definition) is 5. The molecule has 0 radical (unpaired) electrons. The van der Waals surface area contributed by atoms with Gasteiger partial charge >= 0.3 is 5.97 Å². The van der Waals surface area contributed by atoms with Gasteiger partial charge in [0.1, 0.15) is 24.2 Å². The number of carbonyl (C=O) groups excluding carboxylic acids is 3. The van der Waals surface area contributed by atoms with E-state index in [1.165, 1.54) is 31.4 Å². The molecule has 0 bridgehead atoms. The fourth-order valence-electron chi connectivity index (χ4n) is 2.93. The summed E-state index contributed by atoms with van der Waals surface area (Å²) in [6.45, 7) is 0.00632. The molecule has 1 atom stereocenters. The highest BCUT2D eigenvalue weighted by atomic mass is 19.1. The molecule has 8 heteroatoms. The number of esters is 1. The molecule has 3 rings (SSSR count). The average molecular weight is 412 g/mol. The molecule has 1 heterocycles. The first-order chi connectivity index (χ1) is 14.5. The van der Waals surface area contributed by atoms with Crippen molar-refractivity contribution in [1.29, 1.82) is 0 Å². The third kappa shape index (κ3) is 5.44. The first-order valence-electron chi connectivity index (χ1n) is 9.28. The smallest absolute Gasteiger partial charge is 0.308 e. The van der Waals surface area contributed by atoms with Crippen molar-refractivity contribution in [3.63, 3.8) is 0 Å². The van der Waals surface area contributed by atoms with E-state index in [4.69, 9.17) is 9.47 Å². The van der Waals surface area contributed by atoms with Crippen LogP contribution in [0.4, 0.5) is 4.39 Å². The number of rotatable bonds is 6. The molecule has 2 amide bonds. The van der Waals surface area contributed by atoms with Crippen LogP contribution in [0.5, 0.6) is 5.75 Å². The average Bonchev–Trinajstić information content (AvgIpc) is 2.87. The van der Waals surface area contributed by atoms with Crippen molar-refractivity contribution in [1.82, 2.24) is 10.6 Å². The van der Waals surface area contributed by atoms with Crippen LogP contribution >= 0.6 is 0 Å². The monoisotopic (exact) mass is 412 g/mol. The Morgan fingerprint density at radius 2 is 1.97 bits per heavy atom. The van der Waals surface area contributed by atoms with Crippen LogP contribution in [0.1, 0.15) is 17.5 Å². The molecule has 0 saturated carbocycles. The van der Waals surface area contributed by atoms with Crippen molar-refractivity contribution < 1.29 is 28.2 Å². The van der Waals surface area contributed by atoms with Gasteiger partial charge in [-0.2, -0.15) is 0 Å². The minimum absolute atomic E-state index is 0.0695. The molecule has 0 spiro atoms. The Balaban J connectivity index is 1.66. The summed E-state index contributed by atoms with van der Waals surface area (Å²) in [7, 11) is 1.43. The number of carbonyl (C=O) groups is 3. The van der Waals surface area contributed by atoms with Gasteiger partial charge in [0.05, 0.1) is 13.5 Å². The quantitative estimate of drug-likeness (QED) is 0.559. The minimum Gasteiger partial charge on any atom is -0.496 e. The van der Waals surface area contributed by atoms with Gasteiger partial charge in [-0.25, -0.2) is 4.39 Å². The number of amides is 2. The maximum Gasteiger partial charge on any atom is 0.308 e. The number of halogens is 1. The normalized spacial score (nSPS) is 17.7.